The molecule has 1 aromatic heterocycles. The fraction of sp³-hybridized carbons (Fsp3) is 0.333. The van der Waals surface area contributed by atoms with E-state index in [0.29, 0.717) is 18.0 Å². The zero-order chi connectivity index (χ0) is 9.84. The van der Waals surface area contributed by atoms with E-state index in [2.05, 4.69) is 20.9 Å². The third-order valence-corrected chi connectivity index (χ3v) is 2.57. The lowest BCUT2D eigenvalue weighted by molar-refractivity contribution is -0.116. The standard InChI is InChI=1S/C9H9BrClNO/c1-6(13)2-3-7-4-9(11)12-5-8(7)10/h4-5H,2-3H2,1H3. The Morgan fingerprint density at radius 3 is 3.00 bits per heavy atom. The van der Waals surface area contributed by atoms with E-state index < -0.39 is 0 Å². The largest absolute Gasteiger partial charge is 0.300 e. The van der Waals surface area contributed by atoms with Crippen LogP contribution in [0.2, 0.25) is 5.15 Å². The molecule has 1 rings (SSSR count). The number of ketones is 1. The van der Waals surface area contributed by atoms with Crippen molar-refractivity contribution in [2.24, 2.45) is 0 Å². The number of aromatic nitrogens is 1. The molecule has 0 aliphatic rings. The van der Waals surface area contributed by atoms with Gasteiger partial charge in [0.15, 0.2) is 0 Å². The number of aryl methyl sites for hydroxylation is 1. The number of halogens is 2. The number of hydrogen-bond donors (Lipinski definition) is 0. The Hall–Kier alpha value is -0.410. The first-order chi connectivity index (χ1) is 6.09. The van der Waals surface area contributed by atoms with E-state index >= 15 is 0 Å². The first-order valence-electron chi connectivity index (χ1n) is 3.89. The van der Waals surface area contributed by atoms with Gasteiger partial charge in [-0.05, 0) is 40.9 Å². The molecular formula is C9H9BrClNO. The summed E-state index contributed by atoms with van der Waals surface area (Å²) in [4.78, 5) is 14.6. The molecule has 0 amide bonds. The summed E-state index contributed by atoms with van der Waals surface area (Å²) in [6.45, 7) is 1.58. The third kappa shape index (κ3) is 3.44. The van der Waals surface area contributed by atoms with Gasteiger partial charge in [0.2, 0.25) is 0 Å². The van der Waals surface area contributed by atoms with Crippen LogP contribution < -0.4 is 0 Å². The van der Waals surface area contributed by atoms with Gasteiger partial charge in [0.05, 0.1) is 0 Å². The molecular weight excluding hydrogens is 253 g/mol. The zero-order valence-corrected chi connectivity index (χ0v) is 9.52. The highest BCUT2D eigenvalue weighted by atomic mass is 79.9. The van der Waals surface area contributed by atoms with Gasteiger partial charge in [0, 0.05) is 17.1 Å². The van der Waals surface area contributed by atoms with E-state index in [-0.39, 0.29) is 5.78 Å². The summed E-state index contributed by atoms with van der Waals surface area (Å²) >= 11 is 9.06. The van der Waals surface area contributed by atoms with Gasteiger partial charge in [-0.3, -0.25) is 0 Å². The summed E-state index contributed by atoms with van der Waals surface area (Å²) in [5.74, 6) is 0.180. The molecule has 0 atom stereocenters. The van der Waals surface area contributed by atoms with Crippen molar-refractivity contribution in [3.05, 3.63) is 27.5 Å². The second-order valence-corrected chi connectivity index (χ2v) is 4.04. The Bertz CT molecular complexity index is 327. The maximum atomic E-state index is 10.7. The fourth-order valence-corrected chi connectivity index (χ4v) is 1.55. The van der Waals surface area contributed by atoms with Gasteiger partial charge in [-0.25, -0.2) is 4.98 Å². The molecule has 0 saturated carbocycles. The number of pyridine rings is 1. The SMILES string of the molecule is CC(=O)CCc1cc(Cl)ncc1Br. The number of hydrogen-bond acceptors (Lipinski definition) is 2. The Morgan fingerprint density at radius 1 is 1.69 bits per heavy atom. The second-order valence-electron chi connectivity index (χ2n) is 2.80. The van der Waals surface area contributed by atoms with Gasteiger partial charge in [0.25, 0.3) is 0 Å². The highest BCUT2D eigenvalue weighted by molar-refractivity contribution is 9.10. The van der Waals surface area contributed by atoms with Crippen LogP contribution in [0.25, 0.3) is 0 Å². The molecule has 0 bridgehead atoms. The molecule has 0 aliphatic carbocycles. The molecule has 0 aromatic carbocycles. The van der Waals surface area contributed by atoms with Crippen molar-refractivity contribution in [2.75, 3.05) is 0 Å². The first-order valence-corrected chi connectivity index (χ1v) is 5.06. The van der Waals surface area contributed by atoms with Crippen LogP contribution in [-0.2, 0) is 11.2 Å². The minimum absolute atomic E-state index is 0.180. The highest BCUT2D eigenvalue weighted by Gasteiger charge is 2.03. The molecule has 1 heterocycles. The summed E-state index contributed by atoms with van der Waals surface area (Å²) < 4.78 is 0.901. The summed E-state index contributed by atoms with van der Waals surface area (Å²) in [6.07, 6.45) is 2.90. The van der Waals surface area contributed by atoms with E-state index in [1.54, 1.807) is 19.2 Å². The summed E-state index contributed by atoms with van der Waals surface area (Å²) in [7, 11) is 0. The van der Waals surface area contributed by atoms with Crippen molar-refractivity contribution in [1.82, 2.24) is 4.98 Å². The molecule has 0 fully saturated rings. The average Bonchev–Trinajstić information content (AvgIpc) is 2.06. The van der Waals surface area contributed by atoms with Crippen molar-refractivity contribution in [3.63, 3.8) is 0 Å². The smallest absolute Gasteiger partial charge is 0.130 e. The van der Waals surface area contributed by atoms with Crippen LogP contribution in [0.3, 0.4) is 0 Å². The molecule has 2 nitrogen and oxygen atoms in total. The van der Waals surface area contributed by atoms with E-state index in [1.807, 2.05) is 0 Å². The topological polar surface area (TPSA) is 30.0 Å². The molecule has 0 spiro atoms. The van der Waals surface area contributed by atoms with Crippen LogP contribution in [0.1, 0.15) is 18.9 Å². The predicted octanol–water partition coefficient (Wildman–Crippen LogP) is 3.02. The first kappa shape index (κ1) is 10.7. The molecule has 0 unspecified atom stereocenters. The van der Waals surface area contributed by atoms with Crippen molar-refractivity contribution in [3.8, 4) is 0 Å². The van der Waals surface area contributed by atoms with Gasteiger partial charge >= 0.3 is 0 Å². The van der Waals surface area contributed by atoms with Gasteiger partial charge in [-0.2, -0.15) is 0 Å². The molecule has 4 heteroatoms. The summed E-state index contributed by atoms with van der Waals surface area (Å²) in [5, 5.41) is 0.460. The monoisotopic (exact) mass is 261 g/mol. The predicted molar refractivity (Wildman–Crippen MR) is 55.9 cm³/mol. The lowest BCUT2D eigenvalue weighted by Gasteiger charge is -2.02. The number of carbonyl (C=O) groups excluding carboxylic acids is 1. The quantitative estimate of drug-likeness (QED) is 0.784. The summed E-state index contributed by atoms with van der Waals surface area (Å²) in [6, 6.07) is 1.77. The minimum atomic E-state index is 0.180. The van der Waals surface area contributed by atoms with Gasteiger partial charge < -0.3 is 4.79 Å². The Balaban J connectivity index is 2.75. The van der Waals surface area contributed by atoms with Crippen molar-refractivity contribution in [1.29, 1.82) is 0 Å². The van der Waals surface area contributed by atoms with E-state index in [4.69, 9.17) is 11.6 Å². The summed E-state index contributed by atoms with van der Waals surface area (Å²) in [5.41, 5.74) is 1.02. The van der Waals surface area contributed by atoms with Crippen LogP contribution in [0.4, 0.5) is 0 Å². The van der Waals surface area contributed by atoms with Crippen LogP contribution in [0, 0.1) is 0 Å². The van der Waals surface area contributed by atoms with Gasteiger partial charge in [-0.15, -0.1) is 0 Å². The van der Waals surface area contributed by atoms with Gasteiger partial charge in [0.1, 0.15) is 10.9 Å². The Morgan fingerprint density at radius 2 is 2.38 bits per heavy atom. The van der Waals surface area contributed by atoms with Crippen LogP contribution >= 0.6 is 27.5 Å². The highest BCUT2D eigenvalue weighted by Crippen LogP contribution is 2.20. The molecule has 0 saturated heterocycles. The Labute approximate surface area is 90.4 Å². The molecule has 0 N–H and O–H groups in total. The lowest BCUT2D eigenvalue weighted by atomic mass is 10.1. The number of nitrogens with zero attached hydrogens (tertiary/aromatic N) is 1. The van der Waals surface area contributed by atoms with E-state index in [9.17, 15) is 4.79 Å². The second kappa shape index (κ2) is 4.72. The number of Topliss-reactive ketones (excluding diaryl/α,β-unsaturated/α-hetero) is 1. The van der Waals surface area contributed by atoms with Crippen molar-refractivity contribution >= 4 is 33.3 Å². The van der Waals surface area contributed by atoms with Crippen LogP contribution in [0.5, 0.6) is 0 Å². The van der Waals surface area contributed by atoms with Crippen LogP contribution in [-0.4, -0.2) is 10.8 Å². The Kier molecular flexibility index (Phi) is 3.88. The van der Waals surface area contributed by atoms with Crippen LogP contribution in [0.15, 0.2) is 16.7 Å². The zero-order valence-electron chi connectivity index (χ0n) is 7.18. The third-order valence-electron chi connectivity index (χ3n) is 1.65. The molecule has 70 valence electrons. The normalized spacial score (nSPS) is 10.1. The average molecular weight is 263 g/mol. The minimum Gasteiger partial charge on any atom is -0.300 e. The van der Waals surface area contributed by atoms with E-state index in [0.717, 1.165) is 10.0 Å². The number of rotatable bonds is 3. The van der Waals surface area contributed by atoms with E-state index in [1.165, 1.54) is 0 Å². The van der Waals surface area contributed by atoms with Crippen molar-refractivity contribution < 1.29 is 4.79 Å². The maximum Gasteiger partial charge on any atom is 0.130 e. The molecule has 13 heavy (non-hydrogen) atoms. The maximum absolute atomic E-state index is 10.7. The molecule has 0 aliphatic heterocycles. The lowest BCUT2D eigenvalue weighted by Crippen LogP contribution is -1.95. The van der Waals surface area contributed by atoms with Crippen molar-refractivity contribution in [2.45, 2.75) is 19.8 Å². The molecule has 0 radical (unpaired) electrons. The van der Waals surface area contributed by atoms with Gasteiger partial charge in [-0.1, -0.05) is 11.6 Å². The number of carbonyl (C=O) groups is 1. The molecule has 1 aromatic rings. The fourth-order valence-electron chi connectivity index (χ4n) is 0.954.